The van der Waals surface area contributed by atoms with Crippen LogP contribution in [0.3, 0.4) is 0 Å². The summed E-state index contributed by atoms with van der Waals surface area (Å²) in [7, 11) is 1.26. The lowest BCUT2D eigenvalue weighted by molar-refractivity contribution is -0.386. The molecule has 0 aliphatic rings. The molecule has 20 heavy (non-hydrogen) atoms. The average molecular weight is 284 g/mol. The van der Waals surface area contributed by atoms with E-state index in [9.17, 15) is 20.0 Å². The van der Waals surface area contributed by atoms with E-state index < -0.39 is 28.4 Å². The molecule has 1 rings (SSSR count). The van der Waals surface area contributed by atoms with Gasteiger partial charge in [-0.25, -0.2) is 0 Å². The molecule has 0 saturated carbocycles. The minimum atomic E-state index is -0.790. The van der Waals surface area contributed by atoms with Gasteiger partial charge in [-0.3, -0.25) is 14.9 Å². The average Bonchev–Trinajstić information content (AvgIpc) is 2.38. The lowest BCUT2D eigenvalue weighted by Crippen LogP contribution is -2.17. The molecule has 0 radical (unpaired) electrons. The van der Waals surface area contributed by atoms with Gasteiger partial charge in [0.1, 0.15) is 0 Å². The Labute approximate surface area is 115 Å². The molecule has 0 fully saturated rings. The van der Waals surface area contributed by atoms with Crippen LogP contribution in [0.4, 0.5) is 5.69 Å². The van der Waals surface area contributed by atoms with E-state index >= 15 is 0 Å². The zero-order chi connectivity index (χ0) is 15.3. The van der Waals surface area contributed by atoms with Crippen molar-refractivity contribution in [3.8, 4) is 11.5 Å². The highest BCUT2D eigenvalue weighted by atomic mass is 16.6. The fourth-order valence-electron chi connectivity index (χ4n) is 1.64. The van der Waals surface area contributed by atoms with Gasteiger partial charge in [-0.05, 0) is 18.6 Å². The van der Waals surface area contributed by atoms with Crippen molar-refractivity contribution in [2.75, 3.05) is 13.7 Å². The molecule has 1 aromatic carbocycles. The molecule has 0 aliphatic carbocycles. The second kappa shape index (κ2) is 6.71. The smallest absolute Gasteiger partial charge is 0.314 e. The quantitative estimate of drug-likeness (QED) is 0.457. The molecule has 0 spiro atoms. The van der Waals surface area contributed by atoms with E-state index in [2.05, 4.69) is 0 Å². The van der Waals surface area contributed by atoms with Crippen LogP contribution in [0.5, 0.6) is 11.5 Å². The van der Waals surface area contributed by atoms with Crippen LogP contribution in [-0.2, 0) is 9.53 Å². The van der Waals surface area contributed by atoms with Crippen LogP contribution in [0.1, 0.15) is 24.9 Å². The number of phenols is 1. The summed E-state index contributed by atoms with van der Waals surface area (Å²) in [4.78, 5) is 21.4. The number of nitrogens with zero attached hydrogens (tertiary/aromatic N) is 1. The van der Waals surface area contributed by atoms with Gasteiger partial charge in [-0.15, -0.1) is 0 Å². The summed E-state index contributed by atoms with van der Waals surface area (Å²) >= 11 is 0. The van der Waals surface area contributed by atoms with Crippen molar-refractivity contribution in [1.82, 2.24) is 0 Å². The first-order chi connectivity index (χ1) is 9.40. The largest absolute Gasteiger partial charge is 0.500 e. The maximum Gasteiger partial charge on any atom is 0.314 e. The third-order valence-electron chi connectivity index (χ3n) is 2.61. The zero-order valence-electron chi connectivity index (χ0n) is 11.2. The van der Waals surface area contributed by atoms with Gasteiger partial charge >= 0.3 is 11.7 Å². The minimum Gasteiger partial charge on any atom is -0.500 e. The van der Waals surface area contributed by atoms with E-state index in [-0.39, 0.29) is 18.8 Å². The summed E-state index contributed by atoms with van der Waals surface area (Å²) in [6, 6.07) is 1.68. The number of nitro benzene ring substituents is 1. The molecular weight excluding hydrogens is 268 g/mol. The fraction of sp³-hybridized carbons (Fsp3) is 0.417. The Morgan fingerprint density at radius 2 is 2.20 bits per heavy atom. The number of carbonyl (C=O) groups is 1. The highest BCUT2D eigenvalue weighted by Crippen LogP contribution is 2.38. The Balaban J connectivity index is 3.08. The predicted octanol–water partition coefficient (Wildman–Crippen LogP) is 1.26. The zero-order valence-corrected chi connectivity index (χ0v) is 11.2. The Hall–Kier alpha value is -2.35. The normalized spacial score (nSPS) is 11.8. The molecule has 1 atom stereocenters. The predicted molar refractivity (Wildman–Crippen MR) is 69.5 cm³/mol. The number of ether oxygens (including phenoxy) is 2. The Morgan fingerprint density at radius 3 is 2.70 bits per heavy atom. The van der Waals surface area contributed by atoms with Crippen molar-refractivity contribution in [3.63, 3.8) is 0 Å². The Kier molecular flexibility index (Phi) is 5.27. The summed E-state index contributed by atoms with van der Waals surface area (Å²) in [5.74, 6) is -1.16. The number of benzene rings is 1. The van der Waals surface area contributed by atoms with Gasteiger partial charge in [0.2, 0.25) is 5.75 Å². The van der Waals surface area contributed by atoms with Crippen molar-refractivity contribution in [1.29, 1.82) is 0 Å². The molecule has 8 heteroatoms. The summed E-state index contributed by atoms with van der Waals surface area (Å²) in [5, 5.41) is 20.5. The summed E-state index contributed by atoms with van der Waals surface area (Å²) in [6.45, 7) is 1.89. The van der Waals surface area contributed by atoms with E-state index in [0.717, 1.165) is 6.07 Å². The van der Waals surface area contributed by atoms with Crippen LogP contribution in [-0.4, -0.2) is 29.7 Å². The van der Waals surface area contributed by atoms with E-state index in [4.69, 9.17) is 15.2 Å². The maximum atomic E-state index is 11.4. The molecule has 0 saturated heterocycles. The molecule has 8 nitrogen and oxygen atoms in total. The monoisotopic (exact) mass is 284 g/mol. The number of phenolic OH excluding ortho intramolecular Hbond substituents is 1. The first kappa shape index (κ1) is 15.7. The topological polar surface area (TPSA) is 125 Å². The van der Waals surface area contributed by atoms with Crippen LogP contribution in [0.25, 0.3) is 0 Å². The molecule has 1 aromatic rings. The third kappa shape index (κ3) is 3.58. The minimum absolute atomic E-state index is 0.0755. The number of esters is 1. The fourth-order valence-corrected chi connectivity index (χ4v) is 1.64. The van der Waals surface area contributed by atoms with Crippen LogP contribution < -0.4 is 10.5 Å². The van der Waals surface area contributed by atoms with Crippen molar-refractivity contribution in [2.24, 2.45) is 5.73 Å². The number of aromatic hydroxyl groups is 1. The Morgan fingerprint density at radius 1 is 1.55 bits per heavy atom. The Bertz CT molecular complexity index is 517. The molecule has 0 amide bonds. The molecule has 0 aromatic heterocycles. The van der Waals surface area contributed by atoms with Gasteiger partial charge in [0, 0.05) is 12.1 Å². The van der Waals surface area contributed by atoms with Crippen molar-refractivity contribution >= 4 is 11.7 Å². The number of carbonyl (C=O) groups excluding carboxylic acids is 1. The van der Waals surface area contributed by atoms with Gasteiger partial charge in [0.15, 0.2) is 5.75 Å². The van der Waals surface area contributed by atoms with Gasteiger partial charge in [0.05, 0.1) is 25.1 Å². The number of nitrogens with two attached hydrogens (primary N) is 1. The van der Waals surface area contributed by atoms with Gasteiger partial charge < -0.3 is 20.3 Å². The second-order valence-electron chi connectivity index (χ2n) is 3.96. The van der Waals surface area contributed by atoms with E-state index in [0.29, 0.717) is 5.56 Å². The van der Waals surface area contributed by atoms with Gasteiger partial charge in [-0.1, -0.05) is 0 Å². The number of methoxy groups -OCH3 is 1. The maximum absolute atomic E-state index is 11.4. The van der Waals surface area contributed by atoms with Gasteiger partial charge in [0.25, 0.3) is 0 Å². The molecule has 0 heterocycles. The van der Waals surface area contributed by atoms with E-state index in [1.807, 2.05) is 0 Å². The van der Waals surface area contributed by atoms with Crippen molar-refractivity contribution in [3.05, 3.63) is 27.8 Å². The highest BCUT2D eigenvalue weighted by molar-refractivity contribution is 5.70. The first-order valence-corrected chi connectivity index (χ1v) is 5.87. The van der Waals surface area contributed by atoms with Crippen LogP contribution >= 0.6 is 0 Å². The lowest BCUT2D eigenvalue weighted by Gasteiger charge is -2.13. The third-order valence-corrected chi connectivity index (χ3v) is 2.61. The standard InChI is InChI=1S/C12H16N2O6/c1-3-20-11(15)6-8(13)7-4-9(14(17)18)12(16)10(5-7)19-2/h4-5,8,16H,3,6,13H2,1-2H3/t8-/m0/s1. The highest BCUT2D eigenvalue weighted by Gasteiger charge is 2.23. The molecular formula is C12H16N2O6. The SMILES string of the molecule is CCOC(=O)C[C@H](N)c1cc(OC)c(O)c([N+](=O)[O-])c1. The van der Waals surface area contributed by atoms with Crippen LogP contribution in [0.2, 0.25) is 0 Å². The number of hydrogen-bond donors (Lipinski definition) is 2. The number of hydrogen-bond acceptors (Lipinski definition) is 7. The molecule has 110 valence electrons. The van der Waals surface area contributed by atoms with Crippen molar-refractivity contribution < 1.29 is 24.3 Å². The summed E-state index contributed by atoms with van der Waals surface area (Å²) < 4.78 is 9.61. The molecule has 0 bridgehead atoms. The number of rotatable bonds is 6. The molecule has 0 unspecified atom stereocenters. The van der Waals surface area contributed by atoms with Crippen molar-refractivity contribution in [2.45, 2.75) is 19.4 Å². The summed E-state index contributed by atoms with van der Waals surface area (Å²) in [6.07, 6.45) is -0.126. The second-order valence-corrected chi connectivity index (χ2v) is 3.96. The lowest BCUT2D eigenvalue weighted by atomic mass is 10.0. The first-order valence-electron chi connectivity index (χ1n) is 5.87. The van der Waals surface area contributed by atoms with Crippen LogP contribution in [0.15, 0.2) is 12.1 Å². The van der Waals surface area contributed by atoms with E-state index in [1.54, 1.807) is 6.92 Å². The summed E-state index contributed by atoms with van der Waals surface area (Å²) in [5.41, 5.74) is 5.58. The van der Waals surface area contributed by atoms with E-state index in [1.165, 1.54) is 13.2 Å². The molecule has 3 N–H and O–H groups in total. The van der Waals surface area contributed by atoms with Gasteiger partial charge in [-0.2, -0.15) is 0 Å². The number of nitro groups is 1. The van der Waals surface area contributed by atoms with Crippen LogP contribution in [0, 0.1) is 10.1 Å². The molecule has 0 aliphatic heterocycles.